The number of aryl methyl sites for hydroxylation is 1. The summed E-state index contributed by atoms with van der Waals surface area (Å²) in [5.74, 6) is 0.212. The third kappa shape index (κ3) is 4.75. The van der Waals surface area contributed by atoms with Crippen molar-refractivity contribution in [3.05, 3.63) is 29.3 Å². The highest BCUT2D eigenvalue weighted by molar-refractivity contribution is 7.18. The molecule has 2 aromatic rings. The van der Waals surface area contributed by atoms with Gasteiger partial charge < -0.3 is 10.2 Å². The highest BCUT2D eigenvalue weighted by atomic mass is 32.1. The van der Waals surface area contributed by atoms with Crippen LogP contribution in [0.25, 0.3) is 10.2 Å². The number of para-hydroxylation sites is 1. The molecule has 2 heterocycles. The monoisotopic (exact) mass is 331 g/mol. The zero-order valence-corrected chi connectivity index (χ0v) is 14.6. The predicted molar refractivity (Wildman–Crippen MR) is 95.8 cm³/mol. The number of thiazole rings is 1. The third-order valence-electron chi connectivity index (χ3n) is 4.47. The van der Waals surface area contributed by atoms with Crippen molar-refractivity contribution in [2.24, 2.45) is 0 Å². The van der Waals surface area contributed by atoms with Crippen molar-refractivity contribution in [2.45, 2.75) is 44.6 Å². The van der Waals surface area contributed by atoms with Crippen LogP contribution >= 0.6 is 11.3 Å². The summed E-state index contributed by atoms with van der Waals surface area (Å²) < 4.78 is 1.25. The van der Waals surface area contributed by atoms with E-state index in [0.29, 0.717) is 12.5 Å². The number of piperidine rings is 1. The van der Waals surface area contributed by atoms with Crippen LogP contribution in [0, 0.1) is 0 Å². The fourth-order valence-corrected chi connectivity index (χ4v) is 4.05. The maximum atomic E-state index is 12.0. The fourth-order valence-electron chi connectivity index (χ4n) is 3.04. The van der Waals surface area contributed by atoms with E-state index in [-0.39, 0.29) is 5.91 Å². The fraction of sp³-hybridized carbons (Fsp3) is 0.556. The summed E-state index contributed by atoms with van der Waals surface area (Å²) in [5.41, 5.74) is 1.09. The van der Waals surface area contributed by atoms with Gasteiger partial charge in [-0.25, -0.2) is 4.98 Å². The molecule has 0 aliphatic carbocycles. The van der Waals surface area contributed by atoms with Crippen LogP contribution in [0.5, 0.6) is 0 Å². The quantitative estimate of drug-likeness (QED) is 0.827. The molecule has 3 rings (SSSR count). The lowest BCUT2D eigenvalue weighted by Gasteiger charge is -2.29. The lowest BCUT2D eigenvalue weighted by molar-refractivity contribution is -0.122. The maximum Gasteiger partial charge on any atom is 0.220 e. The minimum Gasteiger partial charge on any atom is -0.353 e. The zero-order chi connectivity index (χ0) is 16.1. The van der Waals surface area contributed by atoms with Gasteiger partial charge in [0.15, 0.2) is 0 Å². The highest BCUT2D eigenvalue weighted by Gasteiger charge is 2.17. The lowest BCUT2D eigenvalue weighted by Crippen LogP contribution is -2.43. The standard InChI is InChI=1S/C18H25N3OS/c1-21-12-10-14(11-13-21)19-17(22)8-4-5-9-18-20-15-6-2-3-7-16(15)23-18/h2-3,6-7,14H,4-5,8-13H2,1H3,(H,19,22). The first-order valence-electron chi connectivity index (χ1n) is 8.53. The van der Waals surface area contributed by atoms with E-state index in [0.717, 1.165) is 50.7 Å². The van der Waals surface area contributed by atoms with E-state index in [1.807, 2.05) is 6.07 Å². The summed E-state index contributed by atoms with van der Waals surface area (Å²) in [7, 11) is 2.14. The normalized spacial score (nSPS) is 16.7. The van der Waals surface area contributed by atoms with Crippen LogP contribution in [0.1, 0.15) is 37.1 Å². The lowest BCUT2D eigenvalue weighted by atomic mass is 10.1. The Bertz CT molecular complexity index is 614. The van der Waals surface area contributed by atoms with Gasteiger partial charge in [-0.1, -0.05) is 12.1 Å². The Balaban J connectivity index is 1.35. The first-order chi connectivity index (χ1) is 11.2. The van der Waals surface area contributed by atoms with Gasteiger partial charge in [-0.05, 0) is 64.4 Å². The van der Waals surface area contributed by atoms with Crippen LogP contribution in [-0.4, -0.2) is 42.0 Å². The average molecular weight is 331 g/mol. The van der Waals surface area contributed by atoms with E-state index in [2.05, 4.69) is 40.4 Å². The number of rotatable bonds is 6. The summed E-state index contributed by atoms with van der Waals surface area (Å²) in [6.07, 6.45) is 5.73. The molecule has 1 N–H and O–H groups in total. The summed E-state index contributed by atoms with van der Waals surface area (Å²) in [4.78, 5) is 19.0. The molecule has 4 nitrogen and oxygen atoms in total. The van der Waals surface area contributed by atoms with Crippen LogP contribution in [0.15, 0.2) is 24.3 Å². The van der Waals surface area contributed by atoms with Gasteiger partial charge in [-0.2, -0.15) is 0 Å². The van der Waals surface area contributed by atoms with Crippen LogP contribution in [0.2, 0.25) is 0 Å². The Kier molecular flexibility index (Phi) is 5.62. The van der Waals surface area contributed by atoms with Crippen molar-refractivity contribution in [3.63, 3.8) is 0 Å². The number of carbonyl (C=O) groups is 1. The Labute approximate surface area is 141 Å². The van der Waals surface area contributed by atoms with Crippen molar-refractivity contribution in [1.29, 1.82) is 0 Å². The largest absolute Gasteiger partial charge is 0.353 e. The Morgan fingerprint density at radius 3 is 2.87 bits per heavy atom. The summed E-state index contributed by atoms with van der Waals surface area (Å²) >= 11 is 1.77. The topological polar surface area (TPSA) is 45.2 Å². The molecule has 1 aromatic carbocycles. The molecular weight excluding hydrogens is 306 g/mol. The SMILES string of the molecule is CN1CCC(NC(=O)CCCCc2nc3ccccc3s2)CC1. The first kappa shape index (κ1) is 16.4. The van der Waals surface area contributed by atoms with Crippen molar-refractivity contribution in [3.8, 4) is 0 Å². The van der Waals surface area contributed by atoms with Gasteiger partial charge in [0.05, 0.1) is 15.2 Å². The molecule has 23 heavy (non-hydrogen) atoms. The summed E-state index contributed by atoms with van der Waals surface area (Å²) in [6.45, 7) is 2.17. The molecule has 1 amide bonds. The molecule has 0 radical (unpaired) electrons. The predicted octanol–water partition coefficient (Wildman–Crippen LogP) is 3.22. The molecule has 1 aliphatic rings. The molecule has 1 fully saturated rings. The highest BCUT2D eigenvalue weighted by Crippen LogP contribution is 2.22. The van der Waals surface area contributed by atoms with E-state index >= 15 is 0 Å². The first-order valence-corrected chi connectivity index (χ1v) is 9.35. The van der Waals surface area contributed by atoms with Crippen molar-refractivity contribution in [2.75, 3.05) is 20.1 Å². The Hall–Kier alpha value is -1.46. The molecule has 0 spiro atoms. The molecule has 1 aliphatic heterocycles. The zero-order valence-electron chi connectivity index (χ0n) is 13.8. The van der Waals surface area contributed by atoms with Crippen molar-refractivity contribution < 1.29 is 4.79 Å². The number of likely N-dealkylation sites (tertiary alicyclic amines) is 1. The molecule has 1 aromatic heterocycles. The molecule has 1 saturated heterocycles. The minimum absolute atomic E-state index is 0.212. The van der Waals surface area contributed by atoms with Gasteiger partial charge in [-0.15, -0.1) is 11.3 Å². The van der Waals surface area contributed by atoms with Crippen molar-refractivity contribution in [1.82, 2.24) is 15.2 Å². The number of hydrogen-bond donors (Lipinski definition) is 1. The van der Waals surface area contributed by atoms with Gasteiger partial charge in [0.25, 0.3) is 0 Å². The van der Waals surface area contributed by atoms with Crippen LogP contribution in [0.4, 0.5) is 0 Å². The molecule has 0 unspecified atom stereocenters. The maximum absolute atomic E-state index is 12.0. The van der Waals surface area contributed by atoms with Crippen LogP contribution < -0.4 is 5.32 Å². The van der Waals surface area contributed by atoms with Gasteiger partial charge in [-0.3, -0.25) is 4.79 Å². The van der Waals surface area contributed by atoms with Crippen LogP contribution in [-0.2, 0) is 11.2 Å². The molecule has 0 bridgehead atoms. The number of fused-ring (bicyclic) bond motifs is 1. The number of unbranched alkanes of at least 4 members (excludes halogenated alkanes) is 1. The average Bonchev–Trinajstić information content (AvgIpc) is 2.96. The van der Waals surface area contributed by atoms with E-state index in [4.69, 9.17) is 0 Å². The van der Waals surface area contributed by atoms with Crippen molar-refractivity contribution >= 4 is 27.5 Å². The van der Waals surface area contributed by atoms with Gasteiger partial charge in [0, 0.05) is 12.5 Å². The summed E-state index contributed by atoms with van der Waals surface area (Å²) in [6, 6.07) is 8.63. The Morgan fingerprint density at radius 1 is 1.30 bits per heavy atom. The number of carbonyl (C=O) groups excluding carboxylic acids is 1. The van der Waals surface area contributed by atoms with Crippen LogP contribution in [0.3, 0.4) is 0 Å². The number of benzene rings is 1. The van der Waals surface area contributed by atoms with E-state index in [1.165, 1.54) is 9.71 Å². The van der Waals surface area contributed by atoms with Gasteiger partial charge in [0.1, 0.15) is 0 Å². The van der Waals surface area contributed by atoms with Gasteiger partial charge in [0.2, 0.25) is 5.91 Å². The third-order valence-corrected chi connectivity index (χ3v) is 5.56. The number of nitrogens with one attached hydrogen (secondary N) is 1. The number of hydrogen-bond acceptors (Lipinski definition) is 4. The second kappa shape index (κ2) is 7.88. The second-order valence-electron chi connectivity index (χ2n) is 6.43. The Morgan fingerprint density at radius 2 is 2.09 bits per heavy atom. The molecule has 0 atom stereocenters. The number of aromatic nitrogens is 1. The molecule has 124 valence electrons. The number of amides is 1. The molecule has 0 saturated carbocycles. The van der Waals surface area contributed by atoms with E-state index in [1.54, 1.807) is 11.3 Å². The molecule has 5 heteroatoms. The number of nitrogens with zero attached hydrogens (tertiary/aromatic N) is 2. The van der Waals surface area contributed by atoms with E-state index < -0.39 is 0 Å². The smallest absolute Gasteiger partial charge is 0.220 e. The van der Waals surface area contributed by atoms with E-state index in [9.17, 15) is 4.79 Å². The second-order valence-corrected chi connectivity index (χ2v) is 7.54. The van der Waals surface area contributed by atoms with Gasteiger partial charge >= 0.3 is 0 Å². The summed E-state index contributed by atoms with van der Waals surface area (Å²) in [5, 5.41) is 4.36. The minimum atomic E-state index is 0.212. The molecular formula is C18H25N3OS.